The van der Waals surface area contributed by atoms with E-state index < -0.39 is 10.9 Å². The average molecular weight is 254 g/mol. The van der Waals surface area contributed by atoms with Gasteiger partial charge in [0.25, 0.3) is 11.2 Å². The van der Waals surface area contributed by atoms with E-state index in [1.165, 1.54) is 13.0 Å². The van der Waals surface area contributed by atoms with Gasteiger partial charge in [0.1, 0.15) is 0 Å². The van der Waals surface area contributed by atoms with Crippen LogP contribution in [0.3, 0.4) is 0 Å². The van der Waals surface area contributed by atoms with E-state index in [1.54, 1.807) is 6.92 Å². The van der Waals surface area contributed by atoms with Crippen LogP contribution in [0.1, 0.15) is 18.9 Å². The van der Waals surface area contributed by atoms with Crippen LogP contribution < -0.4 is 5.56 Å². The van der Waals surface area contributed by atoms with Gasteiger partial charge in [0.05, 0.1) is 24.1 Å². The number of carbonyl (C=O) groups is 1. The fourth-order valence-corrected chi connectivity index (χ4v) is 1.48. The van der Waals surface area contributed by atoms with Crippen molar-refractivity contribution in [3.63, 3.8) is 0 Å². The lowest BCUT2D eigenvalue weighted by Crippen LogP contribution is -2.23. The van der Waals surface area contributed by atoms with Gasteiger partial charge in [-0.2, -0.15) is 0 Å². The molecule has 0 saturated heterocycles. The molecule has 0 fully saturated rings. The molecular weight excluding hydrogens is 240 g/mol. The smallest absolute Gasteiger partial charge is 0.307 e. The molecule has 0 amide bonds. The summed E-state index contributed by atoms with van der Waals surface area (Å²) in [6.45, 7) is 3.51. The van der Waals surface area contributed by atoms with E-state index in [1.807, 2.05) is 0 Å². The van der Waals surface area contributed by atoms with Crippen LogP contribution in [-0.2, 0) is 16.1 Å². The Bertz CT molecular complexity index is 521. The molecule has 0 radical (unpaired) electrons. The van der Waals surface area contributed by atoms with Crippen molar-refractivity contribution in [2.24, 2.45) is 0 Å². The molecular formula is C11H14N2O5. The lowest BCUT2D eigenvalue weighted by molar-refractivity contribution is -0.385. The molecule has 0 aromatic carbocycles. The number of aromatic nitrogens is 1. The number of nitro groups is 1. The molecule has 1 aromatic rings. The molecule has 0 atom stereocenters. The lowest BCUT2D eigenvalue weighted by atomic mass is 10.2. The fraction of sp³-hybridized carbons (Fsp3) is 0.455. The van der Waals surface area contributed by atoms with Crippen LogP contribution in [0.2, 0.25) is 0 Å². The lowest BCUT2D eigenvalue weighted by Gasteiger charge is -2.06. The van der Waals surface area contributed by atoms with Crippen LogP contribution in [0, 0.1) is 17.0 Å². The number of esters is 1. The van der Waals surface area contributed by atoms with Crippen molar-refractivity contribution in [3.05, 3.63) is 38.3 Å². The summed E-state index contributed by atoms with van der Waals surface area (Å²) in [5, 5.41) is 10.7. The van der Waals surface area contributed by atoms with Gasteiger partial charge in [0.15, 0.2) is 0 Å². The molecule has 1 heterocycles. The van der Waals surface area contributed by atoms with E-state index in [0.29, 0.717) is 0 Å². The van der Waals surface area contributed by atoms with Crippen LogP contribution in [0.5, 0.6) is 0 Å². The van der Waals surface area contributed by atoms with E-state index in [-0.39, 0.29) is 36.4 Å². The third-order valence-electron chi connectivity index (χ3n) is 2.32. The molecule has 0 spiro atoms. The summed E-state index contributed by atoms with van der Waals surface area (Å²) in [6, 6.07) is 1.21. The quantitative estimate of drug-likeness (QED) is 0.444. The minimum atomic E-state index is -0.576. The largest absolute Gasteiger partial charge is 0.466 e. The monoisotopic (exact) mass is 254 g/mol. The maximum atomic E-state index is 11.7. The van der Waals surface area contributed by atoms with Crippen LogP contribution in [0.15, 0.2) is 17.1 Å². The number of carbonyl (C=O) groups excluding carboxylic acids is 1. The minimum absolute atomic E-state index is 0.00829. The molecule has 7 nitrogen and oxygen atoms in total. The molecule has 0 aliphatic heterocycles. The normalized spacial score (nSPS) is 10.1. The van der Waals surface area contributed by atoms with Crippen LogP contribution in [0.25, 0.3) is 0 Å². The van der Waals surface area contributed by atoms with Gasteiger partial charge >= 0.3 is 5.97 Å². The maximum Gasteiger partial charge on any atom is 0.307 e. The van der Waals surface area contributed by atoms with Gasteiger partial charge in [0.2, 0.25) is 0 Å². The Morgan fingerprint density at radius 2 is 2.22 bits per heavy atom. The highest BCUT2D eigenvalue weighted by Crippen LogP contribution is 2.09. The Labute approximate surface area is 103 Å². The molecule has 0 bridgehead atoms. The van der Waals surface area contributed by atoms with Crippen molar-refractivity contribution < 1.29 is 14.5 Å². The molecule has 0 saturated carbocycles. The van der Waals surface area contributed by atoms with E-state index in [2.05, 4.69) is 0 Å². The second-order valence-electron chi connectivity index (χ2n) is 3.69. The van der Waals surface area contributed by atoms with Crippen LogP contribution in [-0.4, -0.2) is 22.1 Å². The summed E-state index contributed by atoms with van der Waals surface area (Å²) < 4.78 is 5.88. The second kappa shape index (κ2) is 5.95. The zero-order valence-corrected chi connectivity index (χ0v) is 10.2. The summed E-state index contributed by atoms with van der Waals surface area (Å²) in [6.07, 6.45) is 1.14. The van der Waals surface area contributed by atoms with Crippen molar-refractivity contribution in [2.75, 3.05) is 6.61 Å². The Balaban J connectivity index is 2.91. The average Bonchev–Trinajstić information content (AvgIpc) is 2.31. The molecule has 0 unspecified atom stereocenters. The van der Waals surface area contributed by atoms with Gasteiger partial charge in [-0.25, -0.2) is 0 Å². The van der Waals surface area contributed by atoms with Crippen molar-refractivity contribution in [1.29, 1.82) is 0 Å². The highest BCUT2D eigenvalue weighted by Gasteiger charge is 2.12. The summed E-state index contributed by atoms with van der Waals surface area (Å²) in [5.74, 6) is -0.437. The fourth-order valence-electron chi connectivity index (χ4n) is 1.48. The first kappa shape index (κ1) is 13.9. The predicted octanol–water partition coefficient (Wildman–Crippen LogP) is 1.02. The van der Waals surface area contributed by atoms with Gasteiger partial charge in [0, 0.05) is 18.2 Å². The Morgan fingerprint density at radius 3 is 2.78 bits per heavy atom. The molecule has 1 rings (SSSR count). The number of nitrogens with zero attached hydrogens (tertiary/aromatic N) is 2. The zero-order valence-electron chi connectivity index (χ0n) is 10.2. The van der Waals surface area contributed by atoms with E-state index >= 15 is 0 Å². The Morgan fingerprint density at radius 1 is 1.56 bits per heavy atom. The number of rotatable bonds is 5. The van der Waals surface area contributed by atoms with E-state index in [0.717, 1.165) is 10.8 Å². The van der Waals surface area contributed by atoms with Crippen molar-refractivity contribution in [3.8, 4) is 0 Å². The molecule has 98 valence electrons. The summed E-state index contributed by atoms with van der Waals surface area (Å²) in [5.41, 5.74) is -0.242. The molecule has 18 heavy (non-hydrogen) atoms. The maximum absolute atomic E-state index is 11.7. The highest BCUT2D eigenvalue weighted by molar-refractivity contribution is 5.69. The number of aryl methyl sites for hydroxylation is 2. The van der Waals surface area contributed by atoms with Gasteiger partial charge in [-0.05, 0) is 13.8 Å². The third kappa shape index (κ3) is 3.41. The number of ether oxygens (including phenoxy) is 1. The van der Waals surface area contributed by atoms with Crippen LogP contribution >= 0.6 is 0 Å². The molecule has 7 heteroatoms. The predicted molar refractivity (Wildman–Crippen MR) is 63.3 cm³/mol. The second-order valence-corrected chi connectivity index (χ2v) is 3.69. The Kier molecular flexibility index (Phi) is 4.59. The highest BCUT2D eigenvalue weighted by atomic mass is 16.6. The summed E-state index contributed by atoms with van der Waals surface area (Å²) in [4.78, 5) is 32.9. The van der Waals surface area contributed by atoms with E-state index in [9.17, 15) is 19.7 Å². The van der Waals surface area contributed by atoms with Crippen molar-refractivity contribution in [2.45, 2.75) is 26.8 Å². The number of hydrogen-bond donors (Lipinski definition) is 0. The molecule has 0 N–H and O–H groups in total. The van der Waals surface area contributed by atoms with Gasteiger partial charge < -0.3 is 9.30 Å². The first-order valence-corrected chi connectivity index (χ1v) is 5.46. The Hall–Kier alpha value is -2.18. The third-order valence-corrected chi connectivity index (χ3v) is 2.32. The SMILES string of the molecule is CCOC(=O)CCn1cc([N+](=O)[O-])cc(C)c1=O. The van der Waals surface area contributed by atoms with Gasteiger partial charge in [-0.15, -0.1) is 0 Å². The summed E-state index contributed by atoms with van der Waals surface area (Å²) in [7, 11) is 0. The molecule has 0 aliphatic carbocycles. The topological polar surface area (TPSA) is 91.4 Å². The number of pyridine rings is 1. The van der Waals surface area contributed by atoms with Gasteiger partial charge in [-0.3, -0.25) is 19.7 Å². The van der Waals surface area contributed by atoms with E-state index in [4.69, 9.17) is 4.74 Å². The van der Waals surface area contributed by atoms with Crippen LogP contribution in [0.4, 0.5) is 5.69 Å². The van der Waals surface area contributed by atoms with Gasteiger partial charge in [-0.1, -0.05) is 0 Å². The molecule has 1 aromatic heterocycles. The minimum Gasteiger partial charge on any atom is -0.466 e. The number of hydrogen-bond acceptors (Lipinski definition) is 5. The standard InChI is InChI=1S/C11H14N2O5/c1-3-18-10(14)4-5-12-7-9(13(16)17)6-8(2)11(12)15/h6-7H,3-5H2,1-2H3. The van der Waals surface area contributed by atoms with Crippen molar-refractivity contribution in [1.82, 2.24) is 4.57 Å². The molecule has 0 aliphatic rings. The zero-order chi connectivity index (χ0) is 13.7. The first-order chi connectivity index (χ1) is 8.45. The van der Waals surface area contributed by atoms with Crippen molar-refractivity contribution >= 4 is 11.7 Å². The first-order valence-electron chi connectivity index (χ1n) is 5.46. The summed E-state index contributed by atoms with van der Waals surface area (Å²) >= 11 is 0.